The highest BCUT2D eigenvalue weighted by molar-refractivity contribution is 7.13. The van der Waals surface area contributed by atoms with Crippen molar-refractivity contribution < 1.29 is 14.1 Å². The number of hydrogen-bond donors (Lipinski definition) is 0. The van der Waals surface area contributed by atoms with Crippen LogP contribution in [0.1, 0.15) is 22.7 Å². The fraction of sp³-hybridized carbons (Fsp3) is 0.235. The number of rotatable bonds is 5. The van der Waals surface area contributed by atoms with Crippen LogP contribution in [0.5, 0.6) is 0 Å². The van der Waals surface area contributed by atoms with Crippen LogP contribution in [0.3, 0.4) is 0 Å². The lowest BCUT2D eigenvalue weighted by atomic mass is 10.1. The largest absolute Gasteiger partial charge is 0.459 e. The van der Waals surface area contributed by atoms with Gasteiger partial charge in [-0.25, -0.2) is 4.98 Å². The Balaban J connectivity index is 1.62. The van der Waals surface area contributed by atoms with Gasteiger partial charge < -0.3 is 9.26 Å². The molecule has 0 aliphatic heterocycles. The lowest BCUT2D eigenvalue weighted by Crippen LogP contribution is -2.09. The maximum absolute atomic E-state index is 12.0. The van der Waals surface area contributed by atoms with Crippen LogP contribution < -0.4 is 0 Å². The van der Waals surface area contributed by atoms with Crippen molar-refractivity contribution >= 4 is 28.9 Å². The minimum absolute atomic E-state index is 0.128. The summed E-state index contributed by atoms with van der Waals surface area (Å²) in [5, 5.41) is 7.14. The third kappa shape index (κ3) is 3.66. The van der Waals surface area contributed by atoms with E-state index in [0.717, 1.165) is 16.1 Å². The first-order chi connectivity index (χ1) is 11.5. The van der Waals surface area contributed by atoms with Crippen LogP contribution in [0.2, 0.25) is 5.02 Å². The molecule has 0 aliphatic carbocycles. The van der Waals surface area contributed by atoms with Crippen LogP contribution in [0.25, 0.3) is 10.6 Å². The van der Waals surface area contributed by atoms with Gasteiger partial charge in [-0.05, 0) is 19.9 Å². The normalized spacial score (nSPS) is 10.8. The van der Waals surface area contributed by atoms with Crippen LogP contribution in [-0.2, 0) is 22.6 Å². The van der Waals surface area contributed by atoms with E-state index in [4.69, 9.17) is 20.9 Å². The molecule has 3 rings (SSSR count). The van der Waals surface area contributed by atoms with E-state index >= 15 is 0 Å². The van der Waals surface area contributed by atoms with E-state index in [-0.39, 0.29) is 19.0 Å². The minimum Gasteiger partial charge on any atom is -0.459 e. The highest BCUT2D eigenvalue weighted by atomic mass is 35.5. The van der Waals surface area contributed by atoms with Crippen LogP contribution in [0.15, 0.2) is 34.2 Å². The number of benzene rings is 1. The first kappa shape index (κ1) is 16.7. The summed E-state index contributed by atoms with van der Waals surface area (Å²) in [5.74, 6) is 0.302. The molecule has 0 radical (unpaired) electrons. The standard InChI is InChI=1S/C17H15ClN2O3S/c1-10-14(11(2)23-20-10)7-16(21)22-8-12-9-24-17(19-12)13-5-3-4-6-15(13)18/h3-6,9H,7-8H2,1-2H3. The zero-order valence-electron chi connectivity index (χ0n) is 13.2. The number of ether oxygens (including phenoxy) is 1. The van der Waals surface area contributed by atoms with Gasteiger partial charge in [0, 0.05) is 16.5 Å². The molecule has 0 atom stereocenters. The molecule has 2 aromatic heterocycles. The van der Waals surface area contributed by atoms with Crippen LogP contribution in [0.4, 0.5) is 0 Å². The van der Waals surface area contributed by atoms with Gasteiger partial charge in [0.15, 0.2) is 0 Å². The van der Waals surface area contributed by atoms with Crippen molar-refractivity contribution in [1.29, 1.82) is 0 Å². The fourth-order valence-corrected chi connectivity index (χ4v) is 3.36. The second-order valence-electron chi connectivity index (χ2n) is 5.26. The Morgan fingerprint density at radius 3 is 2.83 bits per heavy atom. The number of aromatic nitrogens is 2. The Bertz CT molecular complexity index is 853. The van der Waals surface area contributed by atoms with Crippen molar-refractivity contribution in [1.82, 2.24) is 10.1 Å². The number of nitrogens with zero attached hydrogens (tertiary/aromatic N) is 2. The van der Waals surface area contributed by atoms with Gasteiger partial charge >= 0.3 is 5.97 Å². The van der Waals surface area contributed by atoms with Crippen molar-refractivity contribution in [2.45, 2.75) is 26.9 Å². The summed E-state index contributed by atoms with van der Waals surface area (Å²) in [4.78, 5) is 16.5. The van der Waals surface area contributed by atoms with Gasteiger partial charge in [-0.3, -0.25) is 4.79 Å². The molecule has 1 aromatic carbocycles. The van der Waals surface area contributed by atoms with Crippen molar-refractivity contribution in [3.63, 3.8) is 0 Å². The number of thiazole rings is 1. The summed E-state index contributed by atoms with van der Waals surface area (Å²) >= 11 is 7.64. The van der Waals surface area contributed by atoms with Crippen molar-refractivity contribution in [2.75, 3.05) is 0 Å². The third-order valence-corrected chi connectivity index (χ3v) is 4.79. The second-order valence-corrected chi connectivity index (χ2v) is 6.53. The van der Waals surface area contributed by atoms with Crippen molar-refractivity contribution in [2.24, 2.45) is 0 Å². The Morgan fingerprint density at radius 1 is 1.33 bits per heavy atom. The first-order valence-corrected chi connectivity index (χ1v) is 8.57. The molecule has 24 heavy (non-hydrogen) atoms. The molecular weight excluding hydrogens is 348 g/mol. The molecule has 0 bridgehead atoms. The molecule has 0 spiro atoms. The first-order valence-electron chi connectivity index (χ1n) is 7.31. The lowest BCUT2D eigenvalue weighted by molar-refractivity contribution is -0.144. The van der Waals surface area contributed by atoms with Gasteiger partial charge in [0.1, 0.15) is 17.4 Å². The monoisotopic (exact) mass is 362 g/mol. The lowest BCUT2D eigenvalue weighted by Gasteiger charge is -2.03. The van der Waals surface area contributed by atoms with Gasteiger partial charge in [0.2, 0.25) is 0 Å². The van der Waals surface area contributed by atoms with Crippen molar-refractivity contribution in [3.05, 3.63) is 57.4 Å². The molecule has 0 fully saturated rings. The summed E-state index contributed by atoms with van der Waals surface area (Å²) in [6.45, 7) is 3.71. The predicted molar refractivity (Wildman–Crippen MR) is 92.0 cm³/mol. The van der Waals surface area contributed by atoms with E-state index in [9.17, 15) is 4.79 Å². The SMILES string of the molecule is Cc1noc(C)c1CC(=O)OCc1csc(-c2ccccc2Cl)n1. The Morgan fingerprint density at radius 2 is 2.12 bits per heavy atom. The second kappa shape index (κ2) is 7.15. The smallest absolute Gasteiger partial charge is 0.310 e. The molecule has 5 nitrogen and oxygen atoms in total. The summed E-state index contributed by atoms with van der Waals surface area (Å²) in [6.07, 6.45) is 0.142. The van der Waals surface area contributed by atoms with E-state index in [1.807, 2.05) is 29.6 Å². The number of esters is 1. The average molecular weight is 363 g/mol. The molecule has 0 unspecified atom stereocenters. The molecule has 0 aliphatic rings. The number of hydrogen-bond acceptors (Lipinski definition) is 6. The van der Waals surface area contributed by atoms with Crippen LogP contribution >= 0.6 is 22.9 Å². The molecule has 0 N–H and O–H groups in total. The summed E-state index contributed by atoms with van der Waals surface area (Å²) < 4.78 is 10.3. The molecule has 0 saturated carbocycles. The summed E-state index contributed by atoms with van der Waals surface area (Å²) in [5.41, 5.74) is 3.05. The van der Waals surface area contributed by atoms with E-state index in [2.05, 4.69) is 10.1 Å². The summed E-state index contributed by atoms with van der Waals surface area (Å²) in [7, 11) is 0. The quantitative estimate of drug-likeness (QED) is 0.631. The molecule has 3 aromatic rings. The third-order valence-electron chi connectivity index (χ3n) is 3.54. The Kier molecular flexibility index (Phi) is 4.97. The van der Waals surface area contributed by atoms with Gasteiger partial charge in [-0.15, -0.1) is 11.3 Å². The van der Waals surface area contributed by atoms with Crippen LogP contribution in [0, 0.1) is 13.8 Å². The van der Waals surface area contributed by atoms with Gasteiger partial charge in [0.25, 0.3) is 0 Å². The van der Waals surface area contributed by atoms with Gasteiger partial charge in [-0.2, -0.15) is 0 Å². The van der Waals surface area contributed by atoms with E-state index in [1.54, 1.807) is 13.8 Å². The Labute approximate surface area is 148 Å². The molecule has 2 heterocycles. The zero-order chi connectivity index (χ0) is 17.1. The molecular formula is C17H15ClN2O3S. The predicted octanol–water partition coefficient (Wildman–Crippen LogP) is 4.35. The Hall–Kier alpha value is -2.18. The number of carbonyl (C=O) groups excluding carboxylic acids is 1. The number of carbonyl (C=O) groups is 1. The zero-order valence-corrected chi connectivity index (χ0v) is 14.8. The van der Waals surface area contributed by atoms with Gasteiger partial charge in [-0.1, -0.05) is 35.0 Å². The van der Waals surface area contributed by atoms with Gasteiger partial charge in [0.05, 0.1) is 22.8 Å². The maximum atomic E-state index is 12.0. The highest BCUT2D eigenvalue weighted by Crippen LogP contribution is 2.30. The maximum Gasteiger partial charge on any atom is 0.310 e. The summed E-state index contributed by atoms with van der Waals surface area (Å²) in [6, 6.07) is 7.51. The van der Waals surface area contributed by atoms with Crippen LogP contribution in [-0.4, -0.2) is 16.1 Å². The van der Waals surface area contributed by atoms with E-state index in [1.165, 1.54) is 11.3 Å². The average Bonchev–Trinajstić information content (AvgIpc) is 3.15. The van der Waals surface area contributed by atoms with E-state index < -0.39 is 0 Å². The molecule has 0 saturated heterocycles. The van der Waals surface area contributed by atoms with Crippen molar-refractivity contribution in [3.8, 4) is 10.6 Å². The molecule has 7 heteroatoms. The number of aryl methyl sites for hydroxylation is 2. The molecule has 0 amide bonds. The molecule has 124 valence electrons. The fourth-order valence-electron chi connectivity index (χ4n) is 2.24. The topological polar surface area (TPSA) is 65.2 Å². The highest BCUT2D eigenvalue weighted by Gasteiger charge is 2.15. The minimum atomic E-state index is -0.336. The number of halogens is 1. The van der Waals surface area contributed by atoms with E-state index in [0.29, 0.717) is 22.2 Å².